The number of pyridine rings is 1. The molecule has 3 aromatic heterocycles. The van der Waals surface area contributed by atoms with E-state index in [1.807, 2.05) is 0 Å². The highest BCUT2D eigenvalue weighted by Gasteiger charge is 2.31. The molecule has 0 amide bonds. The summed E-state index contributed by atoms with van der Waals surface area (Å²) in [5.74, 6) is 0. The van der Waals surface area contributed by atoms with E-state index in [1.54, 1.807) is 30.5 Å². The summed E-state index contributed by atoms with van der Waals surface area (Å²) >= 11 is 0. The van der Waals surface area contributed by atoms with Crippen LogP contribution in [0.2, 0.25) is 0 Å². The highest BCUT2D eigenvalue weighted by Crippen LogP contribution is 2.28. The van der Waals surface area contributed by atoms with Gasteiger partial charge in [0.1, 0.15) is 5.69 Å². The van der Waals surface area contributed by atoms with Crippen LogP contribution in [0, 0.1) is 0 Å². The first-order valence-electron chi connectivity index (χ1n) is 5.38. The predicted molar refractivity (Wildman–Crippen MR) is 61.2 cm³/mol. The summed E-state index contributed by atoms with van der Waals surface area (Å²) in [6.07, 6.45) is -1.14. The minimum absolute atomic E-state index is 0.341. The van der Waals surface area contributed by atoms with Crippen molar-refractivity contribution in [3.63, 3.8) is 0 Å². The van der Waals surface area contributed by atoms with Crippen LogP contribution in [0.1, 0.15) is 5.56 Å². The van der Waals surface area contributed by atoms with Gasteiger partial charge in [-0.15, -0.1) is 0 Å². The van der Waals surface area contributed by atoms with Crippen molar-refractivity contribution in [2.75, 3.05) is 0 Å². The van der Waals surface area contributed by atoms with Gasteiger partial charge in [-0.25, -0.2) is 9.50 Å². The predicted octanol–water partition coefficient (Wildman–Crippen LogP) is 2.81. The standard InChI is InChI=1S/C12H7F3N4/c13-12(14,15)8-6-17-11-5-10(18-19(11)7-8)9-3-1-2-4-16-9/h1-7H. The first-order valence-corrected chi connectivity index (χ1v) is 5.38. The fourth-order valence-electron chi connectivity index (χ4n) is 1.66. The molecular formula is C12H7F3N4. The maximum Gasteiger partial charge on any atom is 0.419 e. The number of rotatable bonds is 1. The largest absolute Gasteiger partial charge is 0.419 e. The Morgan fingerprint density at radius 3 is 2.58 bits per heavy atom. The lowest BCUT2D eigenvalue weighted by Crippen LogP contribution is -2.07. The van der Waals surface area contributed by atoms with E-state index in [9.17, 15) is 13.2 Å². The van der Waals surface area contributed by atoms with Crippen LogP contribution in [0.25, 0.3) is 17.0 Å². The molecule has 0 aliphatic heterocycles. The molecule has 0 atom stereocenters. The van der Waals surface area contributed by atoms with Crippen molar-refractivity contribution < 1.29 is 13.2 Å². The van der Waals surface area contributed by atoms with E-state index in [0.29, 0.717) is 17.0 Å². The van der Waals surface area contributed by atoms with Crippen molar-refractivity contribution in [1.82, 2.24) is 19.6 Å². The van der Waals surface area contributed by atoms with Crippen LogP contribution < -0.4 is 0 Å². The molecule has 4 nitrogen and oxygen atoms in total. The monoisotopic (exact) mass is 264 g/mol. The van der Waals surface area contributed by atoms with Crippen molar-refractivity contribution in [3.8, 4) is 11.4 Å². The zero-order valence-corrected chi connectivity index (χ0v) is 9.46. The number of nitrogens with zero attached hydrogens (tertiary/aromatic N) is 4. The van der Waals surface area contributed by atoms with Gasteiger partial charge in [0.15, 0.2) is 5.65 Å². The fraction of sp³-hybridized carbons (Fsp3) is 0.0833. The van der Waals surface area contributed by atoms with Gasteiger partial charge in [0.05, 0.1) is 11.3 Å². The Hall–Kier alpha value is -2.44. The molecular weight excluding hydrogens is 257 g/mol. The number of aromatic nitrogens is 4. The Bertz CT molecular complexity index is 719. The van der Waals surface area contributed by atoms with Crippen LogP contribution in [0.15, 0.2) is 42.9 Å². The molecule has 0 fully saturated rings. The van der Waals surface area contributed by atoms with Gasteiger partial charge in [0, 0.05) is 24.7 Å². The molecule has 0 N–H and O–H groups in total. The highest BCUT2D eigenvalue weighted by atomic mass is 19.4. The molecule has 19 heavy (non-hydrogen) atoms. The van der Waals surface area contributed by atoms with E-state index in [4.69, 9.17) is 0 Å². The van der Waals surface area contributed by atoms with E-state index in [1.165, 1.54) is 0 Å². The SMILES string of the molecule is FC(F)(F)c1cnc2cc(-c3ccccn3)nn2c1. The van der Waals surface area contributed by atoms with E-state index in [0.717, 1.165) is 16.9 Å². The number of alkyl halides is 3. The summed E-state index contributed by atoms with van der Waals surface area (Å²) in [5.41, 5.74) is 0.568. The van der Waals surface area contributed by atoms with E-state index >= 15 is 0 Å². The molecule has 0 saturated carbocycles. The molecule has 0 aliphatic rings. The Balaban J connectivity index is 2.12. The Labute approximate surface area is 105 Å². The zero-order chi connectivity index (χ0) is 13.5. The third-order valence-electron chi connectivity index (χ3n) is 2.57. The molecule has 0 unspecified atom stereocenters. The molecule has 0 bridgehead atoms. The minimum Gasteiger partial charge on any atom is -0.255 e. The lowest BCUT2D eigenvalue weighted by atomic mass is 10.3. The lowest BCUT2D eigenvalue weighted by Gasteiger charge is -2.05. The van der Waals surface area contributed by atoms with E-state index in [2.05, 4.69) is 15.1 Å². The van der Waals surface area contributed by atoms with Gasteiger partial charge in [0.2, 0.25) is 0 Å². The zero-order valence-electron chi connectivity index (χ0n) is 9.46. The number of hydrogen-bond acceptors (Lipinski definition) is 3. The van der Waals surface area contributed by atoms with Crippen LogP contribution in [-0.4, -0.2) is 19.6 Å². The normalized spacial score (nSPS) is 11.9. The summed E-state index contributed by atoms with van der Waals surface area (Å²) in [6.45, 7) is 0. The average Bonchev–Trinajstić information content (AvgIpc) is 2.81. The second-order valence-electron chi connectivity index (χ2n) is 3.89. The molecule has 0 aliphatic carbocycles. The second kappa shape index (κ2) is 4.04. The van der Waals surface area contributed by atoms with Crippen molar-refractivity contribution in [2.45, 2.75) is 6.18 Å². The molecule has 3 heterocycles. The summed E-state index contributed by atoms with van der Waals surface area (Å²) in [4.78, 5) is 7.84. The lowest BCUT2D eigenvalue weighted by molar-refractivity contribution is -0.138. The second-order valence-corrected chi connectivity index (χ2v) is 3.89. The molecule has 0 saturated heterocycles. The van der Waals surface area contributed by atoms with Crippen LogP contribution in [0.3, 0.4) is 0 Å². The Morgan fingerprint density at radius 1 is 1.05 bits per heavy atom. The van der Waals surface area contributed by atoms with Crippen molar-refractivity contribution in [3.05, 3.63) is 48.4 Å². The van der Waals surface area contributed by atoms with Gasteiger partial charge in [-0.2, -0.15) is 18.3 Å². The summed E-state index contributed by atoms with van der Waals surface area (Å²) in [7, 11) is 0. The number of halogens is 3. The molecule has 7 heteroatoms. The maximum atomic E-state index is 12.6. The van der Waals surface area contributed by atoms with Crippen molar-refractivity contribution >= 4 is 5.65 Å². The first kappa shape index (κ1) is 11.6. The van der Waals surface area contributed by atoms with E-state index < -0.39 is 11.7 Å². The van der Waals surface area contributed by atoms with Crippen LogP contribution in [0.5, 0.6) is 0 Å². The smallest absolute Gasteiger partial charge is 0.255 e. The topological polar surface area (TPSA) is 43.1 Å². The van der Waals surface area contributed by atoms with Gasteiger partial charge in [0.25, 0.3) is 0 Å². The van der Waals surface area contributed by atoms with Crippen LogP contribution in [-0.2, 0) is 6.18 Å². The number of hydrogen-bond donors (Lipinski definition) is 0. The van der Waals surface area contributed by atoms with Crippen LogP contribution in [0.4, 0.5) is 13.2 Å². The van der Waals surface area contributed by atoms with Crippen LogP contribution >= 0.6 is 0 Å². The molecule has 0 aromatic carbocycles. The maximum absolute atomic E-state index is 12.6. The Morgan fingerprint density at radius 2 is 1.89 bits per heavy atom. The molecule has 3 rings (SSSR count). The summed E-state index contributed by atoms with van der Waals surface area (Å²) in [6, 6.07) is 6.84. The van der Waals surface area contributed by atoms with Gasteiger partial charge in [-0.1, -0.05) is 6.07 Å². The van der Waals surface area contributed by atoms with Gasteiger partial charge < -0.3 is 0 Å². The van der Waals surface area contributed by atoms with Gasteiger partial charge in [-0.3, -0.25) is 4.98 Å². The minimum atomic E-state index is -4.43. The van der Waals surface area contributed by atoms with Gasteiger partial charge in [-0.05, 0) is 12.1 Å². The first-order chi connectivity index (χ1) is 9.04. The quantitative estimate of drug-likeness (QED) is 0.678. The third-order valence-corrected chi connectivity index (χ3v) is 2.57. The molecule has 96 valence electrons. The van der Waals surface area contributed by atoms with E-state index in [-0.39, 0.29) is 0 Å². The molecule has 0 spiro atoms. The summed E-state index contributed by atoms with van der Waals surface area (Å²) in [5, 5.41) is 4.05. The van der Waals surface area contributed by atoms with Gasteiger partial charge >= 0.3 is 6.18 Å². The number of fused-ring (bicyclic) bond motifs is 1. The average molecular weight is 264 g/mol. The fourth-order valence-corrected chi connectivity index (χ4v) is 1.66. The van der Waals surface area contributed by atoms with Crippen molar-refractivity contribution in [1.29, 1.82) is 0 Å². The third kappa shape index (κ3) is 2.14. The highest BCUT2D eigenvalue weighted by molar-refractivity contribution is 5.60. The molecule has 0 radical (unpaired) electrons. The molecule has 3 aromatic rings. The Kier molecular flexibility index (Phi) is 2.48. The summed E-state index contributed by atoms with van der Waals surface area (Å²) < 4.78 is 38.8. The van der Waals surface area contributed by atoms with Crippen molar-refractivity contribution in [2.24, 2.45) is 0 Å².